The van der Waals surface area contributed by atoms with E-state index < -0.39 is 18.4 Å². The number of ether oxygens (including phenoxy) is 4. The van der Waals surface area contributed by atoms with E-state index >= 15 is 0 Å². The third-order valence-corrected chi connectivity index (χ3v) is 14.6. The molecule has 0 amide bonds. The summed E-state index contributed by atoms with van der Waals surface area (Å²) in [6, 6.07) is 0. The fraction of sp³-hybridized carbons (Fsp3) is 0.866. The zero-order valence-corrected chi connectivity index (χ0v) is 50.9. The van der Waals surface area contributed by atoms with Gasteiger partial charge in [-0.05, 0) is 51.4 Å². The van der Waals surface area contributed by atoms with Crippen LogP contribution in [-0.4, -0.2) is 87.4 Å². The number of esters is 2. The van der Waals surface area contributed by atoms with Crippen LogP contribution in [-0.2, 0) is 33.3 Å². The fourth-order valence-corrected chi connectivity index (χ4v) is 9.61. The van der Waals surface area contributed by atoms with E-state index in [-0.39, 0.29) is 38.2 Å². The standard InChI is InChI=1S/C67H125NO8/c1-6-8-10-12-14-16-18-20-21-22-23-24-25-26-27-28-29-30-31-32-33-34-35-36-37-38-39-40-41-42-43-44-45-46-48-50-52-54-56-58-65(70)76-63(62-75-67(66(71)72)73-60-59-68(3,4)5)61-74-64(69)57-55-53-51-49-47-19-17-15-13-11-9-7-2/h18,20,22-23,25-26,63,67H,6-17,19,21,24,27-62H2,1-5H3/p+1/b20-18-,23-22-,26-25-. The monoisotopic (exact) mass is 1070 g/mol. The van der Waals surface area contributed by atoms with Gasteiger partial charge < -0.3 is 28.5 Å². The third kappa shape index (κ3) is 59.2. The summed E-state index contributed by atoms with van der Waals surface area (Å²) in [7, 11) is 5.98. The predicted octanol–water partition coefficient (Wildman–Crippen LogP) is 19.6. The van der Waals surface area contributed by atoms with E-state index in [4.69, 9.17) is 18.9 Å². The van der Waals surface area contributed by atoms with Gasteiger partial charge in [-0.15, -0.1) is 0 Å². The largest absolute Gasteiger partial charge is 0.477 e. The molecule has 0 saturated heterocycles. The normalized spacial score (nSPS) is 12.9. The van der Waals surface area contributed by atoms with Gasteiger partial charge in [0.05, 0.1) is 34.4 Å². The number of carbonyl (C=O) groups excluding carboxylic acids is 2. The van der Waals surface area contributed by atoms with Gasteiger partial charge in [0.15, 0.2) is 6.10 Å². The number of carboxylic acids is 1. The van der Waals surface area contributed by atoms with Gasteiger partial charge in [-0.1, -0.05) is 288 Å². The lowest BCUT2D eigenvalue weighted by Crippen LogP contribution is -2.40. The predicted molar refractivity (Wildman–Crippen MR) is 323 cm³/mol. The first-order chi connectivity index (χ1) is 37.1. The lowest BCUT2D eigenvalue weighted by Gasteiger charge is -2.25. The molecule has 76 heavy (non-hydrogen) atoms. The summed E-state index contributed by atoms with van der Waals surface area (Å²) in [5, 5.41) is 9.69. The zero-order valence-electron chi connectivity index (χ0n) is 50.9. The second-order valence-electron chi connectivity index (χ2n) is 23.4. The molecule has 0 aromatic rings. The van der Waals surface area contributed by atoms with Crippen LogP contribution < -0.4 is 0 Å². The van der Waals surface area contributed by atoms with Crippen LogP contribution in [0.1, 0.15) is 316 Å². The molecule has 0 saturated carbocycles. The Kier molecular flexibility index (Phi) is 56.7. The Labute approximate surface area is 470 Å². The van der Waals surface area contributed by atoms with E-state index in [2.05, 4.69) is 50.3 Å². The van der Waals surface area contributed by atoms with Crippen molar-refractivity contribution in [2.24, 2.45) is 0 Å². The maximum absolute atomic E-state index is 12.9. The highest BCUT2D eigenvalue weighted by Crippen LogP contribution is 2.18. The van der Waals surface area contributed by atoms with E-state index in [0.717, 1.165) is 51.4 Å². The summed E-state index contributed by atoms with van der Waals surface area (Å²) in [4.78, 5) is 37.4. The molecule has 0 aromatic heterocycles. The number of aliphatic carboxylic acids is 1. The average Bonchev–Trinajstić information content (AvgIpc) is 3.39. The van der Waals surface area contributed by atoms with Crippen molar-refractivity contribution in [2.45, 2.75) is 328 Å². The Morgan fingerprint density at radius 2 is 0.711 bits per heavy atom. The van der Waals surface area contributed by atoms with E-state index in [1.807, 2.05) is 21.1 Å². The van der Waals surface area contributed by atoms with Gasteiger partial charge in [0, 0.05) is 12.8 Å². The molecule has 0 bridgehead atoms. The maximum atomic E-state index is 12.9. The SMILES string of the molecule is CCCCCCC/C=C\C/C=C\C/C=C\CCCCCCCCCCCCCCCCCCCCCCCCCCC(=O)OC(COC(=O)CCCCCCCCCCCCCC)COC(OCC[N+](C)(C)C)C(=O)O. The van der Waals surface area contributed by atoms with Crippen LogP contribution in [0.2, 0.25) is 0 Å². The van der Waals surface area contributed by atoms with Gasteiger partial charge >= 0.3 is 17.9 Å². The molecule has 0 radical (unpaired) electrons. The number of carboxylic acid groups (broad SMARTS) is 1. The third-order valence-electron chi connectivity index (χ3n) is 14.6. The van der Waals surface area contributed by atoms with Crippen molar-refractivity contribution in [1.82, 2.24) is 0 Å². The Hall–Kier alpha value is -2.49. The first-order valence-electron chi connectivity index (χ1n) is 32.7. The van der Waals surface area contributed by atoms with Crippen molar-refractivity contribution in [3.63, 3.8) is 0 Å². The summed E-state index contributed by atoms with van der Waals surface area (Å²) in [6.07, 6.45) is 69.8. The number of hydrogen-bond acceptors (Lipinski definition) is 7. The second-order valence-corrected chi connectivity index (χ2v) is 23.4. The minimum atomic E-state index is -1.51. The molecule has 0 rings (SSSR count). The number of rotatable bonds is 61. The van der Waals surface area contributed by atoms with Gasteiger partial charge in [-0.2, -0.15) is 0 Å². The Morgan fingerprint density at radius 3 is 1.05 bits per heavy atom. The van der Waals surface area contributed by atoms with Crippen LogP contribution in [0.25, 0.3) is 0 Å². The van der Waals surface area contributed by atoms with E-state index in [1.165, 1.54) is 238 Å². The minimum absolute atomic E-state index is 0.175. The fourth-order valence-electron chi connectivity index (χ4n) is 9.61. The molecule has 0 aliphatic heterocycles. The lowest BCUT2D eigenvalue weighted by molar-refractivity contribution is -0.870. The molecule has 0 aliphatic rings. The van der Waals surface area contributed by atoms with Crippen LogP contribution in [0.4, 0.5) is 0 Å². The number of likely N-dealkylation sites (N-methyl/N-ethyl adjacent to an activating group) is 1. The number of carbonyl (C=O) groups is 3. The minimum Gasteiger partial charge on any atom is -0.477 e. The first kappa shape index (κ1) is 73.5. The van der Waals surface area contributed by atoms with Crippen molar-refractivity contribution >= 4 is 17.9 Å². The summed E-state index contributed by atoms with van der Waals surface area (Å²) in [6.45, 7) is 4.90. The molecule has 0 spiro atoms. The number of unbranched alkanes of at least 4 members (excludes halogenated alkanes) is 40. The molecule has 1 N–H and O–H groups in total. The summed E-state index contributed by atoms with van der Waals surface area (Å²) < 4.78 is 22.9. The van der Waals surface area contributed by atoms with Gasteiger partial charge in [-0.25, -0.2) is 4.79 Å². The molecular weight excluding hydrogens is 947 g/mol. The highest BCUT2D eigenvalue weighted by atomic mass is 16.7. The van der Waals surface area contributed by atoms with Crippen LogP contribution in [0.5, 0.6) is 0 Å². The topological polar surface area (TPSA) is 108 Å². The van der Waals surface area contributed by atoms with E-state index in [0.29, 0.717) is 17.4 Å². The molecular formula is C67H126NO8+. The molecule has 446 valence electrons. The first-order valence-corrected chi connectivity index (χ1v) is 32.7. The van der Waals surface area contributed by atoms with Gasteiger partial charge in [0.1, 0.15) is 13.2 Å². The number of allylic oxidation sites excluding steroid dienone is 6. The van der Waals surface area contributed by atoms with E-state index in [9.17, 15) is 19.5 Å². The molecule has 0 fully saturated rings. The lowest BCUT2D eigenvalue weighted by atomic mass is 10.0. The Balaban J connectivity index is 3.91. The second kappa shape index (κ2) is 58.7. The van der Waals surface area contributed by atoms with Crippen molar-refractivity contribution in [3.05, 3.63) is 36.5 Å². The summed E-state index contributed by atoms with van der Waals surface area (Å²) in [5.74, 6) is -1.98. The van der Waals surface area contributed by atoms with Crippen molar-refractivity contribution in [1.29, 1.82) is 0 Å². The van der Waals surface area contributed by atoms with E-state index in [1.54, 1.807) is 0 Å². The smallest absolute Gasteiger partial charge is 0.361 e. The summed E-state index contributed by atoms with van der Waals surface area (Å²) in [5.41, 5.74) is 0. The van der Waals surface area contributed by atoms with Crippen LogP contribution in [0, 0.1) is 0 Å². The molecule has 9 nitrogen and oxygen atoms in total. The molecule has 2 unspecified atom stereocenters. The molecule has 0 aromatic carbocycles. The Morgan fingerprint density at radius 1 is 0.395 bits per heavy atom. The highest BCUT2D eigenvalue weighted by molar-refractivity contribution is 5.71. The van der Waals surface area contributed by atoms with Gasteiger partial charge in [0.25, 0.3) is 6.29 Å². The number of nitrogens with zero attached hydrogens (tertiary/aromatic N) is 1. The van der Waals surface area contributed by atoms with Crippen molar-refractivity contribution in [2.75, 3.05) is 47.5 Å². The van der Waals surface area contributed by atoms with Crippen LogP contribution >= 0.6 is 0 Å². The summed E-state index contributed by atoms with van der Waals surface area (Å²) >= 11 is 0. The van der Waals surface area contributed by atoms with Crippen LogP contribution in [0.3, 0.4) is 0 Å². The Bertz CT molecular complexity index is 1340. The molecule has 0 heterocycles. The highest BCUT2D eigenvalue weighted by Gasteiger charge is 2.25. The maximum Gasteiger partial charge on any atom is 0.361 e. The average molecular weight is 1070 g/mol. The molecule has 0 aliphatic carbocycles. The van der Waals surface area contributed by atoms with Gasteiger partial charge in [0.2, 0.25) is 0 Å². The quantitative estimate of drug-likeness (QED) is 0.0211. The molecule has 9 heteroatoms. The van der Waals surface area contributed by atoms with Crippen molar-refractivity contribution < 1.29 is 42.9 Å². The van der Waals surface area contributed by atoms with Crippen LogP contribution in [0.15, 0.2) is 36.5 Å². The van der Waals surface area contributed by atoms with Gasteiger partial charge in [-0.3, -0.25) is 9.59 Å². The van der Waals surface area contributed by atoms with Crippen molar-refractivity contribution in [3.8, 4) is 0 Å². The molecule has 2 atom stereocenters. The zero-order chi connectivity index (χ0) is 55.5. The number of hydrogen-bond donors (Lipinski definition) is 1. The number of quaternary nitrogens is 1.